The molecule has 0 saturated carbocycles. The fourth-order valence-electron chi connectivity index (χ4n) is 2.10. The summed E-state index contributed by atoms with van der Waals surface area (Å²) in [7, 11) is 0. The Balaban J connectivity index is 1.89. The van der Waals surface area contributed by atoms with Crippen molar-refractivity contribution in [2.45, 2.75) is 19.3 Å². The minimum Gasteiger partial charge on any atom is -0.383 e. The minimum absolute atomic E-state index is 0.258. The third-order valence-corrected chi connectivity index (χ3v) is 2.99. The standard InChI is InChI=1S/C12H17N3O/c13-12-10(2-1-4-15-12)7-11(16)6-9-3-5-14-8-9/h1-2,4,9,14H,3,5-8H2,(H2,13,15). The summed E-state index contributed by atoms with van der Waals surface area (Å²) in [4.78, 5) is 15.8. The number of hydrogen-bond acceptors (Lipinski definition) is 4. The number of nitrogen functional groups attached to an aromatic ring is 1. The van der Waals surface area contributed by atoms with Crippen molar-refractivity contribution in [3.8, 4) is 0 Å². The van der Waals surface area contributed by atoms with Crippen LogP contribution in [-0.2, 0) is 11.2 Å². The topological polar surface area (TPSA) is 68.0 Å². The van der Waals surface area contributed by atoms with Gasteiger partial charge in [-0.05, 0) is 31.5 Å². The van der Waals surface area contributed by atoms with E-state index in [0.717, 1.165) is 25.1 Å². The number of nitrogens with two attached hydrogens (primary N) is 1. The first kappa shape index (κ1) is 11.1. The zero-order valence-electron chi connectivity index (χ0n) is 9.28. The predicted molar refractivity (Wildman–Crippen MR) is 63.0 cm³/mol. The molecule has 2 heterocycles. The van der Waals surface area contributed by atoms with Gasteiger partial charge in [-0.1, -0.05) is 6.07 Å². The van der Waals surface area contributed by atoms with Gasteiger partial charge < -0.3 is 11.1 Å². The van der Waals surface area contributed by atoms with Crippen LogP contribution in [0, 0.1) is 5.92 Å². The molecule has 1 aliphatic rings. The van der Waals surface area contributed by atoms with Crippen molar-refractivity contribution in [1.29, 1.82) is 0 Å². The van der Waals surface area contributed by atoms with E-state index in [0.29, 0.717) is 24.6 Å². The molecule has 1 aromatic heterocycles. The number of nitrogens with one attached hydrogen (secondary N) is 1. The third-order valence-electron chi connectivity index (χ3n) is 2.99. The Hall–Kier alpha value is -1.42. The molecule has 2 rings (SSSR count). The summed E-state index contributed by atoms with van der Waals surface area (Å²) in [5, 5.41) is 3.26. The molecular weight excluding hydrogens is 202 g/mol. The molecule has 0 aliphatic carbocycles. The first-order valence-corrected chi connectivity index (χ1v) is 5.67. The van der Waals surface area contributed by atoms with E-state index in [1.165, 1.54) is 0 Å². The zero-order chi connectivity index (χ0) is 11.4. The normalized spacial score (nSPS) is 19.9. The number of ketones is 1. The molecule has 1 aromatic rings. The molecule has 1 fully saturated rings. The molecule has 0 amide bonds. The van der Waals surface area contributed by atoms with Crippen LogP contribution < -0.4 is 11.1 Å². The average Bonchev–Trinajstić information content (AvgIpc) is 2.74. The van der Waals surface area contributed by atoms with Gasteiger partial charge in [0.05, 0.1) is 0 Å². The van der Waals surface area contributed by atoms with Crippen molar-refractivity contribution >= 4 is 11.6 Å². The molecule has 16 heavy (non-hydrogen) atoms. The number of hydrogen-bond donors (Lipinski definition) is 2. The van der Waals surface area contributed by atoms with E-state index in [4.69, 9.17) is 5.73 Å². The first-order chi connectivity index (χ1) is 7.75. The van der Waals surface area contributed by atoms with Crippen molar-refractivity contribution in [3.63, 3.8) is 0 Å². The SMILES string of the molecule is Nc1ncccc1CC(=O)CC1CCNC1. The molecule has 1 saturated heterocycles. The molecule has 86 valence electrons. The van der Waals surface area contributed by atoms with Gasteiger partial charge in [-0.2, -0.15) is 0 Å². The molecule has 3 N–H and O–H groups in total. The highest BCUT2D eigenvalue weighted by Gasteiger charge is 2.18. The maximum Gasteiger partial charge on any atom is 0.137 e. The van der Waals surface area contributed by atoms with Gasteiger partial charge in [0.1, 0.15) is 11.6 Å². The highest BCUT2D eigenvalue weighted by molar-refractivity contribution is 5.82. The summed E-state index contributed by atoms with van der Waals surface area (Å²) < 4.78 is 0. The second-order valence-electron chi connectivity index (χ2n) is 4.33. The zero-order valence-corrected chi connectivity index (χ0v) is 9.28. The van der Waals surface area contributed by atoms with Crippen molar-refractivity contribution in [2.75, 3.05) is 18.8 Å². The summed E-state index contributed by atoms with van der Waals surface area (Å²) in [6.07, 6.45) is 3.82. The van der Waals surface area contributed by atoms with Crippen LogP contribution in [0.25, 0.3) is 0 Å². The van der Waals surface area contributed by atoms with E-state index < -0.39 is 0 Å². The van der Waals surface area contributed by atoms with Gasteiger partial charge in [0.25, 0.3) is 0 Å². The second-order valence-corrected chi connectivity index (χ2v) is 4.33. The van der Waals surface area contributed by atoms with E-state index in [2.05, 4.69) is 10.3 Å². The van der Waals surface area contributed by atoms with E-state index >= 15 is 0 Å². The van der Waals surface area contributed by atoms with Gasteiger partial charge in [-0.25, -0.2) is 4.98 Å². The van der Waals surface area contributed by atoms with Crippen LogP contribution in [0.4, 0.5) is 5.82 Å². The second kappa shape index (κ2) is 5.07. The predicted octanol–water partition coefficient (Wildman–Crippen LogP) is 0.775. The highest BCUT2D eigenvalue weighted by Crippen LogP contribution is 2.15. The lowest BCUT2D eigenvalue weighted by Crippen LogP contribution is -2.14. The Kier molecular flexibility index (Phi) is 3.51. The molecule has 1 atom stereocenters. The number of carbonyl (C=O) groups is 1. The van der Waals surface area contributed by atoms with E-state index in [1.54, 1.807) is 6.20 Å². The smallest absolute Gasteiger partial charge is 0.137 e. The van der Waals surface area contributed by atoms with Crippen molar-refractivity contribution in [3.05, 3.63) is 23.9 Å². The highest BCUT2D eigenvalue weighted by atomic mass is 16.1. The van der Waals surface area contributed by atoms with Crippen LogP contribution in [0.15, 0.2) is 18.3 Å². The molecule has 0 spiro atoms. The number of rotatable bonds is 4. The van der Waals surface area contributed by atoms with Crippen LogP contribution in [-0.4, -0.2) is 23.9 Å². The van der Waals surface area contributed by atoms with Crippen molar-refractivity contribution in [1.82, 2.24) is 10.3 Å². The Morgan fingerprint density at radius 1 is 1.62 bits per heavy atom. The van der Waals surface area contributed by atoms with Crippen LogP contribution in [0.3, 0.4) is 0 Å². The first-order valence-electron chi connectivity index (χ1n) is 5.67. The number of pyridine rings is 1. The lowest BCUT2D eigenvalue weighted by atomic mass is 9.98. The Bertz CT molecular complexity index is 372. The summed E-state index contributed by atoms with van der Waals surface area (Å²) in [6.45, 7) is 2.00. The fourth-order valence-corrected chi connectivity index (χ4v) is 2.10. The number of Topliss-reactive ketones (excluding diaryl/α,β-unsaturated/α-hetero) is 1. The molecule has 0 aromatic carbocycles. The quantitative estimate of drug-likeness (QED) is 0.785. The van der Waals surface area contributed by atoms with Crippen LogP contribution in [0.1, 0.15) is 18.4 Å². The molecular formula is C12H17N3O. The van der Waals surface area contributed by atoms with Crippen LogP contribution >= 0.6 is 0 Å². The molecule has 4 heteroatoms. The van der Waals surface area contributed by atoms with Gasteiger partial charge in [-0.15, -0.1) is 0 Å². The third kappa shape index (κ3) is 2.79. The molecule has 0 radical (unpaired) electrons. The van der Waals surface area contributed by atoms with E-state index in [9.17, 15) is 4.79 Å². The Labute approximate surface area is 95.3 Å². The van der Waals surface area contributed by atoms with Gasteiger partial charge in [0.15, 0.2) is 0 Å². The van der Waals surface area contributed by atoms with Gasteiger partial charge in [-0.3, -0.25) is 4.79 Å². The van der Waals surface area contributed by atoms with Crippen molar-refractivity contribution in [2.24, 2.45) is 5.92 Å². The van der Waals surface area contributed by atoms with Gasteiger partial charge >= 0.3 is 0 Å². The van der Waals surface area contributed by atoms with E-state index in [1.807, 2.05) is 12.1 Å². The van der Waals surface area contributed by atoms with Crippen LogP contribution in [0.5, 0.6) is 0 Å². The Morgan fingerprint density at radius 2 is 2.50 bits per heavy atom. The molecule has 4 nitrogen and oxygen atoms in total. The lowest BCUT2D eigenvalue weighted by molar-refractivity contribution is -0.119. The molecule has 1 unspecified atom stereocenters. The monoisotopic (exact) mass is 219 g/mol. The summed E-state index contributed by atoms with van der Waals surface area (Å²) in [6, 6.07) is 3.68. The van der Waals surface area contributed by atoms with E-state index in [-0.39, 0.29) is 5.78 Å². The molecule has 0 bridgehead atoms. The maximum absolute atomic E-state index is 11.8. The van der Waals surface area contributed by atoms with Gasteiger partial charge in [0, 0.05) is 24.6 Å². The summed E-state index contributed by atoms with van der Waals surface area (Å²) in [5.74, 6) is 1.24. The largest absolute Gasteiger partial charge is 0.383 e. The summed E-state index contributed by atoms with van der Waals surface area (Å²) >= 11 is 0. The fraction of sp³-hybridized carbons (Fsp3) is 0.500. The number of nitrogens with zero attached hydrogens (tertiary/aromatic N) is 1. The number of carbonyl (C=O) groups excluding carboxylic acids is 1. The maximum atomic E-state index is 11.8. The van der Waals surface area contributed by atoms with Crippen molar-refractivity contribution < 1.29 is 4.79 Å². The molecule has 1 aliphatic heterocycles. The average molecular weight is 219 g/mol. The minimum atomic E-state index is 0.258. The van der Waals surface area contributed by atoms with Gasteiger partial charge in [0.2, 0.25) is 0 Å². The summed E-state index contributed by atoms with van der Waals surface area (Å²) in [5.41, 5.74) is 6.55. The number of anilines is 1. The Morgan fingerprint density at radius 3 is 3.19 bits per heavy atom. The van der Waals surface area contributed by atoms with Crippen LogP contribution in [0.2, 0.25) is 0 Å². The lowest BCUT2D eigenvalue weighted by Gasteiger charge is -2.07. The number of aromatic nitrogens is 1.